The number of aliphatic hydroxyl groups is 1. The summed E-state index contributed by atoms with van der Waals surface area (Å²) in [6.07, 6.45) is 2.07. The molecule has 4 N–H and O–H groups in total. The molecular formula is C25H32ClN5O2. The van der Waals surface area contributed by atoms with Gasteiger partial charge in [0, 0.05) is 55.0 Å². The van der Waals surface area contributed by atoms with Crippen LogP contribution in [0, 0.1) is 17.2 Å². The van der Waals surface area contributed by atoms with E-state index in [2.05, 4.69) is 11.0 Å². The molecule has 0 bridgehead atoms. The number of amidine groups is 1. The van der Waals surface area contributed by atoms with Crippen LogP contribution in [0.4, 0.5) is 10.5 Å². The zero-order valence-electron chi connectivity index (χ0n) is 18.8. The summed E-state index contributed by atoms with van der Waals surface area (Å²) in [6, 6.07) is 15.2. The Labute approximate surface area is 200 Å². The van der Waals surface area contributed by atoms with Crippen LogP contribution in [-0.4, -0.2) is 66.1 Å². The first-order valence-corrected chi connectivity index (χ1v) is 11.9. The maximum atomic E-state index is 13.3. The van der Waals surface area contributed by atoms with Crippen LogP contribution in [0.5, 0.6) is 0 Å². The molecule has 2 heterocycles. The Morgan fingerprint density at radius 1 is 1.09 bits per heavy atom. The third-order valence-electron chi connectivity index (χ3n) is 6.63. The molecule has 4 rings (SSSR count). The van der Waals surface area contributed by atoms with E-state index in [0.29, 0.717) is 36.8 Å². The number of nitrogens with two attached hydrogens (primary N) is 1. The van der Waals surface area contributed by atoms with Crippen molar-refractivity contribution in [3.8, 4) is 0 Å². The Morgan fingerprint density at radius 2 is 1.85 bits per heavy atom. The fourth-order valence-corrected chi connectivity index (χ4v) is 5.02. The van der Waals surface area contributed by atoms with Crippen LogP contribution in [-0.2, 0) is 6.54 Å². The maximum absolute atomic E-state index is 13.3. The number of nitrogen functional groups attached to an aromatic ring is 1. The Balaban J connectivity index is 1.37. The highest BCUT2D eigenvalue weighted by molar-refractivity contribution is 6.30. The number of anilines is 1. The largest absolute Gasteiger partial charge is 0.396 e. The summed E-state index contributed by atoms with van der Waals surface area (Å²) < 4.78 is 0. The number of nitrogens with zero attached hydrogens (tertiary/aromatic N) is 3. The number of amides is 2. The smallest absolute Gasteiger partial charge is 0.324 e. The van der Waals surface area contributed by atoms with Gasteiger partial charge in [0.25, 0.3) is 0 Å². The lowest BCUT2D eigenvalue weighted by Gasteiger charge is -2.42. The number of nitrogens with one attached hydrogen (secondary N) is 1. The molecule has 0 radical (unpaired) electrons. The normalized spacial score (nSPS) is 20.3. The summed E-state index contributed by atoms with van der Waals surface area (Å²) in [4.78, 5) is 19.4. The molecule has 2 aliphatic rings. The van der Waals surface area contributed by atoms with Gasteiger partial charge in [0.05, 0.1) is 0 Å². The number of hydrogen-bond acceptors (Lipinski definition) is 4. The van der Waals surface area contributed by atoms with E-state index in [9.17, 15) is 9.90 Å². The third kappa shape index (κ3) is 5.85. The zero-order chi connectivity index (χ0) is 23.4. The SMILES string of the molecule is N=C(N)c1cccc(N2CC(CO)CN(CC3CCN(Cc4cccc(Cl)c4)CC3)C2=O)c1. The van der Waals surface area contributed by atoms with Crippen LogP contribution in [0.2, 0.25) is 5.02 Å². The van der Waals surface area contributed by atoms with Gasteiger partial charge in [-0.2, -0.15) is 0 Å². The monoisotopic (exact) mass is 469 g/mol. The number of aliphatic hydroxyl groups excluding tert-OH is 1. The molecule has 8 heteroatoms. The van der Waals surface area contributed by atoms with Crippen molar-refractivity contribution in [1.29, 1.82) is 5.41 Å². The molecule has 33 heavy (non-hydrogen) atoms. The molecular weight excluding hydrogens is 438 g/mol. The Morgan fingerprint density at radius 3 is 2.55 bits per heavy atom. The quantitative estimate of drug-likeness (QED) is 0.427. The van der Waals surface area contributed by atoms with E-state index in [1.165, 1.54) is 5.56 Å². The first-order valence-electron chi connectivity index (χ1n) is 11.5. The second kappa shape index (κ2) is 10.5. The summed E-state index contributed by atoms with van der Waals surface area (Å²) >= 11 is 6.12. The van der Waals surface area contributed by atoms with Crippen molar-refractivity contribution in [3.63, 3.8) is 0 Å². The molecule has 2 aliphatic heterocycles. The topological polar surface area (TPSA) is 96.9 Å². The molecule has 0 aliphatic carbocycles. The van der Waals surface area contributed by atoms with Gasteiger partial charge >= 0.3 is 6.03 Å². The first kappa shape index (κ1) is 23.5. The number of carbonyl (C=O) groups is 1. The van der Waals surface area contributed by atoms with E-state index in [1.807, 2.05) is 35.2 Å². The fourth-order valence-electron chi connectivity index (χ4n) is 4.81. The van der Waals surface area contributed by atoms with Crippen molar-refractivity contribution in [3.05, 3.63) is 64.7 Å². The van der Waals surface area contributed by atoms with Gasteiger partial charge in [-0.25, -0.2) is 4.79 Å². The average Bonchev–Trinajstić information content (AvgIpc) is 2.81. The molecule has 2 aromatic carbocycles. The summed E-state index contributed by atoms with van der Waals surface area (Å²) in [6.45, 7) is 4.64. The van der Waals surface area contributed by atoms with Gasteiger partial charge in [-0.3, -0.25) is 15.2 Å². The summed E-state index contributed by atoms with van der Waals surface area (Å²) in [5.41, 5.74) is 8.16. The minimum Gasteiger partial charge on any atom is -0.396 e. The minimum atomic E-state index is -0.0400. The molecule has 2 aromatic rings. The number of rotatable bonds is 7. The Kier molecular flexibility index (Phi) is 7.53. The van der Waals surface area contributed by atoms with E-state index in [-0.39, 0.29) is 24.4 Å². The number of carbonyl (C=O) groups excluding carboxylic acids is 1. The van der Waals surface area contributed by atoms with Gasteiger partial charge < -0.3 is 15.7 Å². The minimum absolute atomic E-state index is 0.00778. The Bertz CT molecular complexity index is 992. The van der Waals surface area contributed by atoms with E-state index in [1.54, 1.807) is 17.0 Å². The maximum Gasteiger partial charge on any atom is 0.324 e. The van der Waals surface area contributed by atoms with Crippen LogP contribution < -0.4 is 10.6 Å². The number of halogens is 1. The van der Waals surface area contributed by atoms with Crippen molar-refractivity contribution in [2.24, 2.45) is 17.6 Å². The Hall–Kier alpha value is -2.61. The van der Waals surface area contributed by atoms with Gasteiger partial charge in [0.15, 0.2) is 0 Å². The standard InChI is InChI=1S/C25H32ClN5O2/c26-22-5-1-3-19(11-22)13-29-9-7-18(8-10-29)14-30-15-20(17-32)16-31(25(30)33)23-6-2-4-21(12-23)24(27)28/h1-6,11-12,18,20,32H,7-10,13-17H2,(H3,27,28). The molecule has 1 unspecified atom stereocenters. The molecule has 7 nitrogen and oxygen atoms in total. The highest BCUT2D eigenvalue weighted by Crippen LogP contribution is 2.27. The second-order valence-electron chi connectivity index (χ2n) is 9.16. The number of likely N-dealkylation sites (tertiary alicyclic amines) is 1. The average molecular weight is 470 g/mol. The molecule has 176 valence electrons. The fraction of sp³-hybridized carbons (Fsp3) is 0.440. The summed E-state index contributed by atoms with van der Waals surface area (Å²) in [7, 11) is 0. The molecule has 1 atom stereocenters. The third-order valence-corrected chi connectivity index (χ3v) is 6.86. The van der Waals surface area contributed by atoms with Crippen molar-refractivity contribution in [2.45, 2.75) is 19.4 Å². The highest BCUT2D eigenvalue weighted by atomic mass is 35.5. The van der Waals surface area contributed by atoms with Gasteiger partial charge in [0.2, 0.25) is 0 Å². The molecule has 0 spiro atoms. The van der Waals surface area contributed by atoms with Crippen molar-refractivity contribution >= 4 is 29.2 Å². The van der Waals surface area contributed by atoms with Crippen LogP contribution in [0.3, 0.4) is 0 Å². The number of benzene rings is 2. The van der Waals surface area contributed by atoms with Gasteiger partial charge in [-0.1, -0.05) is 35.9 Å². The van der Waals surface area contributed by atoms with E-state index >= 15 is 0 Å². The van der Waals surface area contributed by atoms with Crippen molar-refractivity contribution in [1.82, 2.24) is 9.80 Å². The predicted molar refractivity (Wildman–Crippen MR) is 132 cm³/mol. The number of piperidine rings is 1. The lowest BCUT2D eigenvalue weighted by Crippen LogP contribution is -2.56. The lowest BCUT2D eigenvalue weighted by atomic mass is 9.94. The van der Waals surface area contributed by atoms with E-state index < -0.39 is 0 Å². The molecule has 2 fully saturated rings. The van der Waals surface area contributed by atoms with Crippen LogP contribution in [0.25, 0.3) is 0 Å². The lowest BCUT2D eigenvalue weighted by molar-refractivity contribution is 0.115. The number of urea groups is 1. The van der Waals surface area contributed by atoms with Crippen molar-refractivity contribution < 1.29 is 9.90 Å². The molecule has 2 saturated heterocycles. The number of hydrogen-bond donors (Lipinski definition) is 3. The van der Waals surface area contributed by atoms with Gasteiger partial charge in [-0.15, -0.1) is 0 Å². The zero-order valence-corrected chi connectivity index (χ0v) is 19.5. The highest BCUT2D eigenvalue weighted by Gasteiger charge is 2.34. The van der Waals surface area contributed by atoms with Crippen LogP contribution >= 0.6 is 11.6 Å². The van der Waals surface area contributed by atoms with Crippen LogP contribution in [0.1, 0.15) is 24.0 Å². The van der Waals surface area contributed by atoms with E-state index in [4.69, 9.17) is 22.7 Å². The summed E-state index contributed by atoms with van der Waals surface area (Å²) in [5, 5.41) is 18.3. The predicted octanol–water partition coefficient (Wildman–Crippen LogP) is 3.39. The van der Waals surface area contributed by atoms with E-state index in [0.717, 1.165) is 37.5 Å². The van der Waals surface area contributed by atoms with Crippen molar-refractivity contribution in [2.75, 3.05) is 44.2 Å². The molecule has 0 aromatic heterocycles. The van der Waals surface area contributed by atoms with Gasteiger partial charge in [-0.05, 0) is 61.7 Å². The van der Waals surface area contributed by atoms with Gasteiger partial charge in [0.1, 0.15) is 5.84 Å². The molecule has 0 saturated carbocycles. The summed E-state index contributed by atoms with van der Waals surface area (Å²) in [5.74, 6) is 0.403. The first-order chi connectivity index (χ1) is 15.9. The second-order valence-corrected chi connectivity index (χ2v) is 9.60. The molecule has 2 amide bonds. The van der Waals surface area contributed by atoms with Crippen LogP contribution in [0.15, 0.2) is 48.5 Å².